The monoisotopic (exact) mass is 415 g/mol. The molecule has 1 heterocycles. The van der Waals surface area contributed by atoms with Gasteiger partial charge in [0.15, 0.2) is 0 Å². The highest BCUT2D eigenvalue weighted by Gasteiger charge is 2.41. The van der Waals surface area contributed by atoms with Gasteiger partial charge in [0.2, 0.25) is 5.91 Å². The molecule has 0 saturated carbocycles. The maximum Gasteiger partial charge on any atom is 0.269 e. The maximum atomic E-state index is 12.5. The minimum Gasteiger partial charge on any atom is -0.339 e. The third kappa shape index (κ3) is 3.86. The van der Waals surface area contributed by atoms with E-state index in [0.29, 0.717) is 28.6 Å². The topological polar surface area (TPSA) is 104 Å². The molecule has 0 unspecified atom stereocenters. The van der Waals surface area contributed by atoms with Crippen LogP contribution in [0.3, 0.4) is 0 Å². The number of rotatable bonds is 6. The fraction of sp³-hybridized carbons (Fsp3) is 0.250. The van der Waals surface area contributed by atoms with Gasteiger partial charge in [-0.3, -0.25) is 14.4 Å². The zero-order valence-electron chi connectivity index (χ0n) is 16.1. The first kappa shape index (κ1) is 20.5. The molecule has 0 radical (unpaired) electrons. The zero-order chi connectivity index (χ0) is 21.2. The molecule has 0 spiro atoms. The lowest BCUT2D eigenvalue weighted by Crippen LogP contribution is -2.37. The van der Waals surface area contributed by atoms with Gasteiger partial charge in [-0.2, -0.15) is 0 Å². The number of hydrogen-bond donors (Lipinski definition) is 1. The number of hydrogen-bond acceptors (Lipinski definition) is 5. The van der Waals surface area contributed by atoms with Gasteiger partial charge in [-0.1, -0.05) is 12.1 Å². The number of sulfonamides is 1. The standard InChI is InChI=1S/C20H21N3O5S/c1-3-22(4-2)19(25)14-9-11-15(12-10-14)21-18(24)13-23-20(26)16-7-5-6-8-17(16)29(23,27)28/h5-12H,3-4,13H2,1-2H3,(H,21,24). The molecule has 9 heteroatoms. The van der Waals surface area contributed by atoms with Gasteiger partial charge in [0, 0.05) is 24.3 Å². The molecular weight excluding hydrogens is 394 g/mol. The van der Waals surface area contributed by atoms with E-state index in [1.807, 2.05) is 13.8 Å². The second-order valence-corrected chi connectivity index (χ2v) is 8.25. The minimum atomic E-state index is -4.04. The number of benzene rings is 2. The van der Waals surface area contributed by atoms with Crippen LogP contribution in [-0.4, -0.2) is 55.0 Å². The molecule has 3 amide bonds. The van der Waals surface area contributed by atoms with E-state index in [2.05, 4.69) is 5.32 Å². The van der Waals surface area contributed by atoms with E-state index in [1.165, 1.54) is 18.2 Å². The highest BCUT2D eigenvalue weighted by atomic mass is 32.2. The van der Waals surface area contributed by atoms with Gasteiger partial charge in [-0.25, -0.2) is 12.7 Å². The highest BCUT2D eigenvalue weighted by Crippen LogP contribution is 2.29. The lowest BCUT2D eigenvalue weighted by atomic mass is 10.1. The molecular formula is C20H21N3O5S. The molecule has 1 aliphatic rings. The average molecular weight is 415 g/mol. The van der Waals surface area contributed by atoms with Crippen molar-refractivity contribution in [1.29, 1.82) is 0 Å². The van der Waals surface area contributed by atoms with Gasteiger partial charge < -0.3 is 10.2 Å². The van der Waals surface area contributed by atoms with E-state index >= 15 is 0 Å². The van der Waals surface area contributed by atoms with E-state index in [4.69, 9.17) is 0 Å². The summed E-state index contributed by atoms with van der Waals surface area (Å²) in [5.41, 5.74) is 0.937. The number of nitrogens with zero attached hydrogens (tertiary/aromatic N) is 2. The largest absolute Gasteiger partial charge is 0.339 e. The number of fused-ring (bicyclic) bond motifs is 1. The van der Waals surface area contributed by atoms with Crippen LogP contribution in [0.5, 0.6) is 0 Å². The maximum absolute atomic E-state index is 12.5. The van der Waals surface area contributed by atoms with Crippen LogP contribution in [0.2, 0.25) is 0 Å². The van der Waals surface area contributed by atoms with Crippen molar-refractivity contribution in [1.82, 2.24) is 9.21 Å². The van der Waals surface area contributed by atoms with E-state index < -0.39 is 28.4 Å². The number of carbonyl (C=O) groups is 3. The van der Waals surface area contributed by atoms with Crippen LogP contribution < -0.4 is 5.32 Å². The Morgan fingerprint density at radius 2 is 1.62 bits per heavy atom. The summed E-state index contributed by atoms with van der Waals surface area (Å²) >= 11 is 0. The first-order valence-corrected chi connectivity index (χ1v) is 10.6. The van der Waals surface area contributed by atoms with Crippen molar-refractivity contribution in [3.63, 3.8) is 0 Å². The number of amides is 3. The second kappa shape index (κ2) is 8.04. The van der Waals surface area contributed by atoms with Crippen LogP contribution in [0.1, 0.15) is 34.6 Å². The van der Waals surface area contributed by atoms with Gasteiger partial charge in [0.25, 0.3) is 21.8 Å². The number of nitrogens with one attached hydrogen (secondary N) is 1. The molecule has 0 fully saturated rings. The average Bonchev–Trinajstić information content (AvgIpc) is 2.90. The summed E-state index contributed by atoms with van der Waals surface area (Å²) in [4.78, 5) is 38.6. The van der Waals surface area contributed by atoms with Crippen molar-refractivity contribution in [3.05, 3.63) is 59.7 Å². The Morgan fingerprint density at radius 1 is 1.00 bits per heavy atom. The van der Waals surface area contributed by atoms with Crippen molar-refractivity contribution in [2.75, 3.05) is 25.0 Å². The highest BCUT2D eigenvalue weighted by molar-refractivity contribution is 7.90. The van der Waals surface area contributed by atoms with Crippen LogP contribution in [0.15, 0.2) is 53.4 Å². The van der Waals surface area contributed by atoms with Gasteiger partial charge >= 0.3 is 0 Å². The molecule has 1 N–H and O–H groups in total. The molecule has 0 aliphatic carbocycles. The number of carbonyl (C=O) groups excluding carboxylic acids is 3. The first-order valence-electron chi connectivity index (χ1n) is 9.14. The summed E-state index contributed by atoms with van der Waals surface area (Å²) in [6.45, 7) is 4.34. The Balaban J connectivity index is 1.69. The summed E-state index contributed by atoms with van der Waals surface area (Å²) in [6.07, 6.45) is 0. The molecule has 8 nitrogen and oxygen atoms in total. The fourth-order valence-corrected chi connectivity index (χ4v) is 4.63. The molecule has 152 valence electrons. The Kier molecular flexibility index (Phi) is 5.69. The van der Waals surface area contributed by atoms with Gasteiger partial charge in [0.1, 0.15) is 11.4 Å². The molecule has 2 aromatic rings. The minimum absolute atomic E-state index is 0.0552. The Morgan fingerprint density at radius 3 is 2.21 bits per heavy atom. The normalized spacial score (nSPS) is 14.4. The third-order valence-electron chi connectivity index (χ3n) is 4.67. The van der Waals surface area contributed by atoms with Crippen LogP contribution in [0.4, 0.5) is 5.69 Å². The van der Waals surface area contributed by atoms with Crippen molar-refractivity contribution in [2.45, 2.75) is 18.7 Å². The molecule has 0 aromatic heterocycles. The molecule has 0 bridgehead atoms. The van der Waals surface area contributed by atoms with Crippen LogP contribution in [0, 0.1) is 0 Å². The Bertz CT molecular complexity index is 1060. The smallest absolute Gasteiger partial charge is 0.269 e. The van der Waals surface area contributed by atoms with Crippen molar-refractivity contribution >= 4 is 33.4 Å². The van der Waals surface area contributed by atoms with E-state index in [1.54, 1.807) is 35.2 Å². The summed E-state index contributed by atoms with van der Waals surface area (Å²) in [7, 11) is -4.04. The Labute approximate surface area is 169 Å². The Hall–Kier alpha value is -3.20. The van der Waals surface area contributed by atoms with Crippen LogP contribution >= 0.6 is 0 Å². The summed E-state index contributed by atoms with van der Waals surface area (Å²) in [6, 6.07) is 12.1. The molecule has 29 heavy (non-hydrogen) atoms. The number of anilines is 1. The van der Waals surface area contributed by atoms with Gasteiger partial charge in [-0.15, -0.1) is 0 Å². The van der Waals surface area contributed by atoms with Crippen molar-refractivity contribution < 1.29 is 22.8 Å². The predicted molar refractivity (Wildman–Crippen MR) is 107 cm³/mol. The third-order valence-corrected chi connectivity index (χ3v) is 6.45. The lowest BCUT2D eigenvalue weighted by molar-refractivity contribution is -0.116. The van der Waals surface area contributed by atoms with Crippen molar-refractivity contribution in [3.8, 4) is 0 Å². The molecule has 3 rings (SSSR count). The van der Waals surface area contributed by atoms with E-state index in [-0.39, 0.29) is 16.4 Å². The SMILES string of the molecule is CCN(CC)C(=O)c1ccc(NC(=O)CN2C(=O)c3ccccc3S2(=O)=O)cc1. The van der Waals surface area contributed by atoms with Crippen LogP contribution in [-0.2, 0) is 14.8 Å². The summed E-state index contributed by atoms with van der Waals surface area (Å²) < 4.78 is 25.6. The van der Waals surface area contributed by atoms with Gasteiger partial charge in [0.05, 0.1) is 5.56 Å². The summed E-state index contributed by atoms with van der Waals surface area (Å²) in [5, 5.41) is 2.56. The molecule has 2 aromatic carbocycles. The molecule has 1 aliphatic heterocycles. The van der Waals surface area contributed by atoms with E-state index in [0.717, 1.165) is 0 Å². The predicted octanol–water partition coefficient (Wildman–Crippen LogP) is 1.95. The van der Waals surface area contributed by atoms with Gasteiger partial charge in [-0.05, 0) is 50.2 Å². The molecule has 0 atom stereocenters. The fourth-order valence-electron chi connectivity index (χ4n) is 3.11. The zero-order valence-corrected chi connectivity index (χ0v) is 16.9. The summed E-state index contributed by atoms with van der Waals surface area (Å²) in [5.74, 6) is -1.49. The molecule has 0 saturated heterocycles. The first-order chi connectivity index (χ1) is 13.8. The van der Waals surface area contributed by atoms with Crippen molar-refractivity contribution in [2.24, 2.45) is 0 Å². The lowest BCUT2D eigenvalue weighted by Gasteiger charge is -2.18. The van der Waals surface area contributed by atoms with Crippen LogP contribution in [0.25, 0.3) is 0 Å². The second-order valence-electron chi connectivity index (χ2n) is 6.42. The quantitative estimate of drug-likeness (QED) is 0.777. The van der Waals surface area contributed by atoms with E-state index in [9.17, 15) is 22.8 Å².